The van der Waals surface area contributed by atoms with E-state index in [1.807, 2.05) is 36.1 Å². The van der Waals surface area contributed by atoms with Crippen molar-refractivity contribution in [3.05, 3.63) is 29.8 Å². The number of nitrogens with zero attached hydrogens (tertiary/aromatic N) is 1. The van der Waals surface area contributed by atoms with Crippen LogP contribution >= 0.6 is 0 Å². The number of aliphatic carboxylic acids is 1. The van der Waals surface area contributed by atoms with Gasteiger partial charge in [-0.05, 0) is 32.4 Å². The third kappa shape index (κ3) is 5.19. The Balaban J connectivity index is 2.68. The molecule has 0 aliphatic heterocycles. The minimum atomic E-state index is -0.802. The molecule has 0 amide bonds. The highest BCUT2D eigenvalue weighted by atomic mass is 16.4. The largest absolute Gasteiger partial charge is 0.481 e. The Hall–Kier alpha value is -1.55. The van der Waals surface area contributed by atoms with Gasteiger partial charge in [0.25, 0.3) is 0 Å². The first-order valence-corrected chi connectivity index (χ1v) is 6.20. The fraction of sp³-hybridized carbons (Fsp3) is 0.500. The number of carboxylic acid groups (broad SMARTS) is 1. The SMILES string of the molecule is Cc1ccc(N(CCC(=O)O)CCC(C)O)cc1. The topological polar surface area (TPSA) is 60.8 Å². The Morgan fingerprint density at radius 1 is 1.28 bits per heavy atom. The number of rotatable bonds is 7. The van der Waals surface area contributed by atoms with Gasteiger partial charge in [0.1, 0.15) is 0 Å². The van der Waals surface area contributed by atoms with Crippen LogP contribution in [0.5, 0.6) is 0 Å². The summed E-state index contributed by atoms with van der Waals surface area (Å²) in [4.78, 5) is 12.7. The lowest BCUT2D eigenvalue weighted by molar-refractivity contribution is -0.136. The zero-order valence-electron chi connectivity index (χ0n) is 11.0. The maximum absolute atomic E-state index is 10.7. The molecule has 1 unspecified atom stereocenters. The zero-order valence-corrected chi connectivity index (χ0v) is 11.0. The summed E-state index contributed by atoms with van der Waals surface area (Å²) in [7, 11) is 0. The molecule has 0 heterocycles. The second-order valence-electron chi connectivity index (χ2n) is 4.60. The first kappa shape index (κ1) is 14.5. The molecule has 0 spiro atoms. The number of hydrogen-bond donors (Lipinski definition) is 2. The van der Waals surface area contributed by atoms with E-state index >= 15 is 0 Å². The molecule has 4 heteroatoms. The number of aliphatic hydroxyl groups excluding tert-OH is 1. The second-order valence-corrected chi connectivity index (χ2v) is 4.60. The maximum atomic E-state index is 10.7. The van der Waals surface area contributed by atoms with Crippen LogP contribution in [-0.4, -0.2) is 35.4 Å². The van der Waals surface area contributed by atoms with Crippen LogP contribution in [0.4, 0.5) is 5.69 Å². The monoisotopic (exact) mass is 251 g/mol. The minimum Gasteiger partial charge on any atom is -0.481 e. The number of benzene rings is 1. The second kappa shape index (κ2) is 7.01. The Kier molecular flexibility index (Phi) is 5.65. The molecule has 18 heavy (non-hydrogen) atoms. The molecule has 0 bridgehead atoms. The van der Waals surface area contributed by atoms with E-state index in [9.17, 15) is 9.90 Å². The van der Waals surface area contributed by atoms with Gasteiger partial charge in [0.2, 0.25) is 0 Å². The molecule has 1 aromatic rings. The lowest BCUT2D eigenvalue weighted by Crippen LogP contribution is -2.29. The summed E-state index contributed by atoms with van der Waals surface area (Å²) in [5, 5.41) is 18.1. The number of carbonyl (C=O) groups is 1. The quantitative estimate of drug-likeness (QED) is 0.778. The van der Waals surface area contributed by atoms with Crippen molar-refractivity contribution in [3.8, 4) is 0 Å². The minimum absolute atomic E-state index is 0.105. The van der Waals surface area contributed by atoms with Crippen molar-refractivity contribution in [2.45, 2.75) is 32.8 Å². The number of carboxylic acids is 1. The molecule has 0 aromatic heterocycles. The summed E-state index contributed by atoms with van der Waals surface area (Å²) in [6.45, 7) is 4.88. The fourth-order valence-electron chi connectivity index (χ4n) is 1.70. The van der Waals surface area contributed by atoms with E-state index in [-0.39, 0.29) is 12.5 Å². The molecule has 1 rings (SSSR count). The molecule has 0 radical (unpaired) electrons. The summed E-state index contributed by atoms with van der Waals surface area (Å²) >= 11 is 0. The zero-order chi connectivity index (χ0) is 13.5. The molecule has 4 nitrogen and oxygen atoms in total. The van der Waals surface area contributed by atoms with Crippen molar-refractivity contribution in [1.29, 1.82) is 0 Å². The van der Waals surface area contributed by atoms with Crippen LogP contribution in [0.15, 0.2) is 24.3 Å². The van der Waals surface area contributed by atoms with Crippen LogP contribution in [0, 0.1) is 6.92 Å². The highest BCUT2D eigenvalue weighted by Crippen LogP contribution is 2.16. The molecule has 1 aromatic carbocycles. The number of aliphatic hydroxyl groups is 1. The normalized spacial score (nSPS) is 12.2. The van der Waals surface area contributed by atoms with Crippen molar-refractivity contribution in [2.75, 3.05) is 18.0 Å². The van der Waals surface area contributed by atoms with Gasteiger partial charge in [0, 0.05) is 18.8 Å². The van der Waals surface area contributed by atoms with Crippen molar-refractivity contribution < 1.29 is 15.0 Å². The molecule has 0 saturated carbocycles. The van der Waals surface area contributed by atoms with Crippen LogP contribution in [0.2, 0.25) is 0 Å². The maximum Gasteiger partial charge on any atom is 0.305 e. The predicted molar refractivity (Wildman–Crippen MR) is 71.9 cm³/mol. The number of anilines is 1. The van der Waals surface area contributed by atoms with E-state index in [1.165, 1.54) is 5.56 Å². The molecule has 0 saturated heterocycles. The lowest BCUT2D eigenvalue weighted by atomic mass is 10.2. The Morgan fingerprint density at radius 2 is 1.89 bits per heavy atom. The van der Waals surface area contributed by atoms with Gasteiger partial charge in [-0.3, -0.25) is 4.79 Å². The summed E-state index contributed by atoms with van der Waals surface area (Å²) in [5.41, 5.74) is 2.18. The molecule has 0 aliphatic rings. The molecule has 1 atom stereocenters. The third-order valence-corrected chi connectivity index (χ3v) is 2.81. The molecule has 100 valence electrons. The summed E-state index contributed by atoms with van der Waals surface area (Å²) in [5.74, 6) is -0.802. The van der Waals surface area contributed by atoms with Gasteiger partial charge in [-0.15, -0.1) is 0 Å². The van der Waals surface area contributed by atoms with Crippen LogP contribution < -0.4 is 4.90 Å². The van der Waals surface area contributed by atoms with E-state index in [2.05, 4.69) is 0 Å². The molecular weight excluding hydrogens is 230 g/mol. The van der Waals surface area contributed by atoms with Gasteiger partial charge in [-0.2, -0.15) is 0 Å². The van der Waals surface area contributed by atoms with E-state index in [0.29, 0.717) is 19.5 Å². The number of aryl methyl sites for hydroxylation is 1. The fourth-order valence-corrected chi connectivity index (χ4v) is 1.70. The Labute approximate surface area is 108 Å². The summed E-state index contributed by atoms with van der Waals surface area (Å²) in [6.07, 6.45) is 0.365. The highest BCUT2D eigenvalue weighted by Gasteiger charge is 2.09. The highest BCUT2D eigenvalue weighted by molar-refractivity contribution is 5.67. The number of hydrogen-bond acceptors (Lipinski definition) is 3. The van der Waals surface area contributed by atoms with Crippen LogP contribution in [0.1, 0.15) is 25.3 Å². The molecule has 0 aliphatic carbocycles. The van der Waals surface area contributed by atoms with Crippen LogP contribution in [0.25, 0.3) is 0 Å². The van der Waals surface area contributed by atoms with Crippen molar-refractivity contribution in [2.24, 2.45) is 0 Å². The molecule has 0 fully saturated rings. The third-order valence-electron chi connectivity index (χ3n) is 2.81. The molecular formula is C14H21NO3. The van der Waals surface area contributed by atoms with E-state index in [0.717, 1.165) is 5.69 Å². The summed E-state index contributed by atoms with van der Waals surface area (Å²) in [6, 6.07) is 7.98. The van der Waals surface area contributed by atoms with Gasteiger partial charge >= 0.3 is 5.97 Å². The first-order valence-electron chi connectivity index (χ1n) is 6.20. The molecule has 2 N–H and O–H groups in total. The predicted octanol–water partition coefficient (Wildman–Crippen LogP) is 2.05. The van der Waals surface area contributed by atoms with E-state index in [1.54, 1.807) is 6.92 Å². The average Bonchev–Trinajstić information content (AvgIpc) is 2.30. The van der Waals surface area contributed by atoms with Gasteiger partial charge in [-0.25, -0.2) is 0 Å². The van der Waals surface area contributed by atoms with Gasteiger partial charge in [-0.1, -0.05) is 17.7 Å². The average molecular weight is 251 g/mol. The van der Waals surface area contributed by atoms with Crippen molar-refractivity contribution in [3.63, 3.8) is 0 Å². The van der Waals surface area contributed by atoms with Crippen LogP contribution in [0.3, 0.4) is 0 Å². The Bertz CT molecular complexity index is 373. The first-order chi connectivity index (χ1) is 8.49. The van der Waals surface area contributed by atoms with Crippen molar-refractivity contribution >= 4 is 11.7 Å². The summed E-state index contributed by atoms with van der Waals surface area (Å²) < 4.78 is 0. The van der Waals surface area contributed by atoms with Gasteiger partial charge in [0.15, 0.2) is 0 Å². The Morgan fingerprint density at radius 3 is 2.39 bits per heavy atom. The lowest BCUT2D eigenvalue weighted by Gasteiger charge is -2.25. The standard InChI is InChI=1S/C14H21NO3/c1-11-3-5-13(6-4-11)15(9-7-12(2)16)10-8-14(17)18/h3-6,12,16H,7-10H2,1-2H3,(H,17,18). The van der Waals surface area contributed by atoms with E-state index in [4.69, 9.17) is 5.11 Å². The van der Waals surface area contributed by atoms with Gasteiger partial charge in [0.05, 0.1) is 12.5 Å². The smallest absolute Gasteiger partial charge is 0.305 e. The van der Waals surface area contributed by atoms with Crippen LogP contribution in [-0.2, 0) is 4.79 Å². The van der Waals surface area contributed by atoms with E-state index < -0.39 is 5.97 Å². The van der Waals surface area contributed by atoms with Crippen molar-refractivity contribution in [1.82, 2.24) is 0 Å². The van der Waals surface area contributed by atoms with Gasteiger partial charge < -0.3 is 15.1 Å².